The summed E-state index contributed by atoms with van der Waals surface area (Å²) in [5.41, 5.74) is 2.64. The van der Waals surface area contributed by atoms with Gasteiger partial charge >= 0.3 is 0 Å². The molecule has 1 aromatic heterocycles. The Morgan fingerprint density at radius 2 is 2.29 bits per heavy atom. The molecule has 14 heavy (non-hydrogen) atoms. The fourth-order valence-electron chi connectivity index (χ4n) is 1.80. The fourth-order valence-corrected chi connectivity index (χ4v) is 1.80. The van der Waals surface area contributed by atoms with Crippen LogP contribution in [0.25, 0.3) is 10.9 Å². The van der Waals surface area contributed by atoms with Crippen LogP contribution in [0.2, 0.25) is 0 Å². The topological polar surface area (TPSA) is 34.9 Å². The number of aryl methyl sites for hydroxylation is 2. The number of benzene rings is 1. The molecule has 2 aromatic rings. The van der Waals surface area contributed by atoms with E-state index >= 15 is 0 Å². The second-order valence-electron chi connectivity index (χ2n) is 3.29. The maximum Gasteiger partial charge on any atom is 0.152 e. The van der Waals surface area contributed by atoms with Crippen molar-refractivity contribution in [1.82, 2.24) is 9.78 Å². The van der Waals surface area contributed by atoms with Gasteiger partial charge in [0.15, 0.2) is 6.29 Å². The Bertz CT molecular complexity index is 485. The standard InChI is InChI=1S/C11H12N2O/c1-3-10-9-6-4-5-8(7-14)11(9)12-13(10)2/h4-7H,3H2,1-2H3. The van der Waals surface area contributed by atoms with Gasteiger partial charge in [-0.15, -0.1) is 0 Å². The van der Waals surface area contributed by atoms with Crippen molar-refractivity contribution >= 4 is 17.2 Å². The van der Waals surface area contributed by atoms with E-state index in [1.165, 1.54) is 5.69 Å². The van der Waals surface area contributed by atoms with Crippen molar-refractivity contribution in [3.05, 3.63) is 29.5 Å². The molecule has 0 fully saturated rings. The molecule has 2 rings (SSSR count). The molecule has 0 atom stereocenters. The molecule has 0 spiro atoms. The maximum absolute atomic E-state index is 10.8. The molecule has 0 aliphatic heterocycles. The van der Waals surface area contributed by atoms with Crippen LogP contribution >= 0.6 is 0 Å². The lowest BCUT2D eigenvalue weighted by molar-refractivity contribution is 0.112. The summed E-state index contributed by atoms with van der Waals surface area (Å²) >= 11 is 0. The zero-order valence-electron chi connectivity index (χ0n) is 8.32. The molecular formula is C11H12N2O. The van der Waals surface area contributed by atoms with E-state index in [4.69, 9.17) is 0 Å². The second-order valence-corrected chi connectivity index (χ2v) is 3.29. The number of carbonyl (C=O) groups excluding carboxylic acids is 1. The van der Waals surface area contributed by atoms with Crippen LogP contribution in [0, 0.1) is 0 Å². The van der Waals surface area contributed by atoms with Crippen molar-refractivity contribution in [2.45, 2.75) is 13.3 Å². The van der Waals surface area contributed by atoms with E-state index in [2.05, 4.69) is 12.0 Å². The van der Waals surface area contributed by atoms with Crippen molar-refractivity contribution in [2.75, 3.05) is 0 Å². The molecule has 0 amide bonds. The number of nitrogens with zero attached hydrogens (tertiary/aromatic N) is 2. The third kappa shape index (κ3) is 1.13. The number of aromatic nitrogens is 2. The zero-order chi connectivity index (χ0) is 10.1. The summed E-state index contributed by atoms with van der Waals surface area (Å²) in [6.07, 6.45) is 1.78. The van der Waals surface area contributed by atoms with Gasteiger partial charge in [0.2, 0.25) is 0 Å². The molecule has 0 saturated heterocycles. The van der Waals surface area contributed by atoms with Gasteiger partial charge in [0.1, 0.15) is 5.52 Å². The first-order valence-electron chi connectivity index (χ1n) is 4.67. The summed E-state index contributed by atoms with van der Waals surface area (Å²) in [4.78, 5) is 10.8. The summed E-state index contributed by atoms with van der Waals surface area (Å²) in [5.74, 6) is 0. The van der Waals surface area contributed by atoms with Gasteiger partial charge in [0, 0.05) is 23.7 Å². The van der Waals surface area contributed by atoms with E-state index in [1.54, 1.807) is 6.07 Å². The van der Waals surface area contributed by atoms with Gasteiger partial charge < -0.3 is 0 Å². The van der Waals surface area contributed by atoms with E-state index in [0.717, 1.165) is 23.6 Å². The highest BCUT2D eigenvalue weighted by Gasteiger charge is 2.09. The fraction of sp³-hybridized carbons (Fsp3) is 0.273. The highest BCUT2D eigenvalue weighted by molar-refractivity contribution is 5.96. The number of hydrogen-bond acceptors (Lipinski definition) is 2. The van der Waals surface area contributed by atoms with E-state index < -0.39 is 0 Å². The van der Waals surface area contributed by atoms with E-state index in [-0.39, 0.29) is 0 Å². The molecule has 3 nitrogen and oxygen atoms in total. The quantitative estimate of drug-likeness (QED) is 0.675. The van der Waals surface area contributed by atoms with Crippen LogP contribution in [-0.4, -0.2) is 16.1 Å². The van der Waals surface area contributed by atoms with Crippen molar-refractivity contribution in [1.29, 1.82) is 0 Å². The molecule has 0 aliphatic rings. The number of fused-ring (bicyclic) bond motifs is 1. The van der Waals surface area contributed by atoms with Crippen LogP contribution in [0.5, 0.6) is 0 Å². The number of hydrogen-bond donors (Lipinski definition) is 0. The van der Waals surface area contributed by atoms with Crippen LogP contribution < -0.4 is 0 Å². The first-order chi connectivity index (χ1) is 6.77. The average Bonchev–Trinajstić information content (AvgIpc) is 2.52. The predicted octanol–water partition coefficient (Wildman–Crippen LogP) is 1.95. The lowest BCUT2D eigenvalue weighted by Crippen LogP contribution is -1.95. The maximum atomic E-state index is 10.8. The second kappa shape index (κ2) is 3.25. The Morgan fingerprint density at radius 1 is 1.50 bits per heavy atom. The molecule has 0 unspecified atom stereocenters. The van der Waals surface area contributed by atoms with Gasteiger partial charge in [-0.2, -0.15) is 5.10 Å². The number of aldehydes is 1. The average molecular weight is 188 g/mol. The van der Waals surface area contributed by atoms with Gasteiger partial charge in [-0.1, -0.05) is 19.1 Å². The van der Waals surface area contributed by atoms with E-state index in [1.807, 2.05) is 23.9 Å². The molecule has 1 heterocycles. The zero-order valence-corrected chi connectivity index (χ0v) is 8.32. The third-order valence-electron chi connectivity index (χ3n) is 2.48. The molecule has 0 radical (unpaired) electrons. The SMILES string of the molecule is CCc1c2cccc(C=O)c2nn1C. The monoisotopic (exact) mass is 188 g/mol. The Kier molecular flexibility index (Phi) is 2.08. The molecule has 3 heteroatoms. The van der Waals surface area contributed by atoms with Crippen molar-refractivity contribution in [3.63, 3.8) is 0 Å². The van der Waals surface area contributed by atoms with Gasteiger partial charge in [0.05, 0.1) is 0 Å². The van der Waals surface area contributed by atoms with E-state index in [0.29, 0.717) is 5.56 Å². The van der Waals surface area contributed by atoms with Gasteiger partial charge in [-0.05, 0) is 12.5 Å². The van der Waals surface area contributed by atoms with Crippen LogP contribution in [-0.2, 0) is 13.5 Å². The number of carbonyl (C=O) groups is 1. The summed E-state index contributed by atoms with van der Waals surface area (Å²) in [7, 11) is 1.91. The third-order valence-corrected chi connectivity index (χ3v) is 2.48. The normalized spacial score (nSPS) is 10.7. The minimum absolute atomic E-state index is 0.665. The minimum Gasteiger partial charge on any atom is -0.298 e. The molecule has 0 saturated carbocycles. The first kappa shape index (κ1) is 8.94. The van der Waals surface area contributed by atoms with Crippen molar-refractivity contribution in [3.8, 4) is 0 Å². The highest BCUT2D eigenvalue weighted by atomic mass is 16.1. The van der Waals surface area contributed by atoms with Gasteiger partial charge in [-0.3, -0.25) is 9.48 Å². The van der Waals surface area contributed by atoms with E-state index in [9.17, 15) is 4.79 Å². The summed E-state index contributed by atoms with van der Waals surface area (Å²) in [6.45, 7) is 2.09. The molecule has 1 aromatic carbocycles. The first-order valence-corrected chi connectivity index (χ1v) is 4.67. The Morgan fingerprint density at radius 3 is 2.93 bits per heavy atom. The molecule has 72 valence electrons. The highest BCUT2D eigenvalue weighted by Crippen LogP contribution is 2.20. The molecule has 0 N–H and O–H groups in total. The Hall–Kier alpha value is -1.64. The smallest absolute Gasteiger partial charge is 0.152 e. The summed E-state index contributed by atoms with van der Waals surface area (Å²) in [5, 5.41) is 5.42. The number of rotatable bonds is 2. The summed E-state index contributed by atoms with van der Waals surface area (Å²) < 4.78 is 1.84. The van der Waals surface area contributed by atoms with Crippen LogP contribution in [0.3, 0.4) is 0 Å². The minimum atomic E-state index is 0.665. The van der Waals surface area contributed by atoms with Crippen LogP contribution in [0.15, 0.2) is 18.2 Å². The van der Waals surface area contributed by atoms with Crippen molar-refractivity contribution in [2.24, 2.45) is 7.05 Å². The Labute approximate surface area is 82.3 Å². The van der Waals surface area contributed by atoms with Gasteiger partial charge in [0.25, 0.3) is 0 Å². The predicted molar refractivity (Wildman–Crippen MR) is 55.5 cm³/mol. The molecule has 0 bridgehead atoms. The largest absolute Gasteiger partial charge is 0.298 e. The lowest BCUT2D eigenvalue weighted by Gasteiger charge is -1.96. The Balaban J connectivity index is 2.85. The lowest BCUT2D eigenvalue weighted by atomic mass is 10.1. The molecule has 0 aliphatic carbocycles. The van der Waals surface area contributed by atoms with Crippen LogP contribution in [0.4, 0.5) is 0 Å². The molecular weight excluding hydrogens is 176 g/mol. The summed E-state index contributed by atoms with van der Waals surface area (Å²) in [6, 6.07) is 5.70. The van der Waals surface area contributed by atoms with Crippen LogP contribution in [0.1, 0.15) is 23.0 Å². The van der Waals surface area contributed by atoms with Gasteiger partial charge in [-0.25, -0.2) is 0 Å². The van der Waals surface area contributed by atoms with Crippen molar-refractivity contribution < 1.29 is 4.79 Å².